The molecule has 0 aromatic carbocycles. The maximum Gasteiger partial charge on any atom is 0.269 e. The summed E-state index contributed by atoms with van der Waals surface area (Å²) in [5, 5.41) is 4.46. The predicted molar refractivity (Wildman–Crippen MR) is 101 cm³/mol. The third-order valence-electron chi connectivity index (χ3n) is 4.94. The van der Waals surface area contributed by atoms with Gasteiger partial charge in [-0.05, 0) is 19.4 Å². The van der Waals surface area contributed by atoms with Gasteiger partial charge in [0.1, 0.15) is 0 Å². The summed E-state index contributed by atoms with van der Waals surface area (Å²) in [6, 6.07) is 1.81. The zero-order valence-electron chi connectivity index (χ0n) is 15.6. The molecule has 0 aliphatic carbocycles. The molecule has 2 aromatic rings. The number of hydrogen-bond acceptors (Lipinski definition) is 6. The van der Waals surface area contributed by atoms with Gasteiger partial charge in [-0.15, -0.1) is 0 Å². The topological polar surface area (TPSA) is 68.4 Å². The van der Waals surface area contributed by atoms with Crippen LogP contribution in [0.1, 0.15) is 18.9 Å². The van der Waals surface area contributed by atoms with Gasteiger partial charge in [-0.3, -0.25) is 9.69 Å². The quantitative estimate of drug-likeness (QED) is 0.696. The summed E-state index contributed by atoms with van der Waals surface area (Å²) in [4.78, 5) is 21.0. The fraction of sp³-hybridized carbons (Fsp3) is 0.611. The van der Waals surface area contributed by atoms with Gasteiger partial charge in [-0.25, -0.2) is 9.67 Å². The van der Waals surface area contributed by atoms with Crippen molar-refractivity contribution in [3.05, 3.63) is 41.3 Å². The number of imidazole rings is 1. The highest BCUT2D eigenvalue weighted by Gasteiger charge is 2.23. The summed E-state index contributed by atoms with van der Waals surface area (Å²) in [6.45, 7) is 5.15. The van der Waals surface area contributed by atoms with Crippen molar-refractivity contribution in [2.45, 2.75) is 25.4 Å². The van der Waals surface area contributed by atoms with Crippen molar-refractivity contribution in [1.82, 2.24) is 24.2 Å². The predicted octanol–water partition coefficient (Wildman–Crippen LogP) is 0.860. The van der Waals surface area contributed by atoms with Crippen LogP contribution in [0, 0.1) is 0 Å². The van der Waals surface area contributed by atoms with Gasteiger partial charge < -0.3 is 14.2 Å². The summed E-state index contributed by atoms with van der Waals surface area (Å²) in [6.07, 6.45) is 9.47. The minimum atomic E-state index is -0.0340. The summed E-state index contributed by atoms with van der Waals surface area (Å²) < 4.78 is 8.82. The summed E-state index contributed by atoms with van der Waals surface area (Å²) in [5.74, 6) is 0. The fourth-order valence-electron chi connectivity index (χ4n) is 3.36. The van der Waals surface area contributed by atoms with Crippen LogP contribution in [0.5, 0.6) is 0 Å². The third-order valence-corrected chi connectivity index (χ3v) is 4.94. The van der Waals surface area contributed by atoms with E-state index in [2.05, 4.69) is 19.5 Å². The molecular weight excluding hydrogens is 332 g/mol. The molecule has 2 aromatic heterocycles. The number of nitrogens with zero attached hydrogens (tertiary/aromatic N) is 6. The zero-order chi connectivity index (χ0) is 18.4. The minimum Gasteiger partial charge on any atom is -0.383 e. The molecule has 1 aliphatic heterocycles. The van der Waals surface area contributed by atoms with Crippen molar-refractivity contribution in [1.29, 1.82) is 0 Å². The lowest BCUT2D eigenvalue weighted by molar-refractivity contribution is 0.162. The second-order valence-electron chi connectivity index (χ2n) is 6.81. The van der Waals surface area contributed by atoms with E-state index < -0.39 is 0 Å². The molecule has 8 nitrogen and oxygen atoms in total. The first-order valence-corrected chi connectivity index (χ1v) is 9.14. The molecule has 3 rings (SSSR count). The Hall–Kier alpha value is -2.19. The molecule has 0 radical (unpaired) electrons. The Morgan fingerprint density at radius 1 is 1.38 bits per heavy atom. The third kappa shape index (κ3) is 4.70. The van der Waals surface area contributed by atoms with E-state index in [1.165, 1.54) is 0 Å². The average molecular weight is 360 g/mol. The number of rotatable bonds is 8. The lowest BCUT2D eigenvalue weighted by atomic mass is 10.1. The zero-order valence-corrected chi connectivity index (χ0v) is 15.6. The first-order chi connectivity index (χ1) is 12.7. The molecular formula is C18H28N6O2. The van der Waals surface area contributed by atoms with Gasteiger partial charge in [-0.1, -0.05) is 0 Å². The van der Waals surface area contributed by atoms with E-state index in [1.54, 1.807) is 30.3 Å². The highest BCUT2D eigenvalue weighted by atomic mass is 16.5. The number of methoxy groups -OCH3 is 1. The second kappa shape index (κ2) is 8.95. The largest absolute Gasteiger partial charge is 0.383 e. The van der Waals surface area contributed by atoms with E-state index in [0.29, 0.717) is 6.61 Å². The molecule has 1 fully saturated rings. The van der Waals surface area contributed by atoms with Crippen LogP contribution in [0.2, 0.25) is 0 Å². The first kappa shape index (κ1) is 18.6. The van der Waals surface area contributed by atoms with E-state index in [0.717, 1.165) is 51.3 Å². The van der Waals surface area contributed by atoms with E-state index in [4.69, 9.17) is 4.74 Å². The Labute approximate surface area is 154 Å². The molecule has 1 atom stereocenters. The standard InChI is InChI=1S/C18H28N6O2/c1-21(10-11-26-2)17-12-18(25)24(20-13-17)16-4-3-6-22(14-16)8-9-23-7-5-19-15-23/h5,7,12-13,15-16H,3-4,6,8-11,14H2,1-2H3. The highest BCUT2D eigenvalue weighted by Crippen LogP contribution is 2.20. The molecule has 0 bridgehead atoms. The molecule has 1 saturated heterocycles. The molecule has 0 saturated carbocycles. The van der Waals surface area contributed by atoms with E-state index in [-0.39, 0.29) is 11.6 Å². The number of hydrogen-bond donors (Lipinski definition) is 0. The number of likely N-dealkylation sites (tertiary alicyclic amines) is 1. The smallest absolute Gasteiger partial charge is 0.269 e. The molecule has 3 heterocycles. The molecule has 0 amide bonds. The van der Waals surface area contributed by atoms with Gasteiger partial charge in [0, 0.05) is 58.8 Å². The van der Waals surface area contributed by atoms with Crippen molar-refractivity contribution in [3.8, 4) is 0 Å². The van der Waals surface area contributed by atoms with Crippen molar-refractivity contribution in [3.63, 3.8) is 0 Å². The number of likely N-dealkylation sites (N-methyl/N-ethyl adjacent to an activating group) is 1. The van der Waals surface area contributed by atoms with E-state index in [9.17, 15) is 4.79 Å². The maximum atomic E-state index is 12.6. The summed E-state index contributed by atoms with van der Waals surface area (Å²) in [7, 11) is 3.62. The molecule has 1 unspecified atom stereocenters. The van der Waals surface area contributed by atoms with Crippen LogP contribution >= 0.6 is 0 Å². The maximum absolute atomic E-state index is 12.6. The van der Waals surface area contributed by atoms with Gasteiger partial charge in [0.25, 0.3) is 5.56 Å². The summed E-state index contributed by atoms with van der Waals surface area (Å²) >= 11 is 0. The van der Waals surface area contributed by atoms with Gasteiger partial charge in [0.2, 0.25) is 0 Å². The number of aromatic nitrogens is 4. The Morgan fingerprint density at radius 2 is 2.27 bits per heavy atom. The fourth-order valence-corrected chi connectivity index (χ4v) is 3.36. The highest BCUT2D eigenvalue weighted by molar-refractivity contribution is 5.41. The van der Waals surface area contributed by atoms with Crippen LogP contribution in [0.15, 0.2) is 35.8 Å². The lowest BCUT2D eigenvalue weighted by Gasteiger charge is -2.33. The number of anilines is 1. The van der Waals surface area contributed by atoms with Crippen LogP contribution in [0.3, 0.4) is 0 Å². The van der Waals surface area contributed by atoms with Gasteiger partial charge in [0.05, 0.1) is 30.9 Å². The molecule has 1 aliphatic rings. The van der Waals surface area contributed by atoms with Crippen molar-refractivity contribution < 1.29 is 4.74 Å². The first-order valence-electron chi connectivity index (χ1n) is 9.14. The lowest BCUT2D eigenvalue weighted by Crippen LogP contribution is -2.41. The van der Waals surface area contributed by atoms with Gasteiger partial charge >= 0.3 is 0 Å². The van der Waals surface area contributed by atoms with E-state index >= 15 is 0 Å². The van der Waals surface area contributed by atoms with Crippen LogP contribution in [-0.2, 0) is 11.3 Å². The molecule has 142 valence electrons. The second-order valence-corrected chi connectivity index (χ2v) is 6.81. The van der Waals surface area contributed by atoms with Crippen molar-refractivity contribution in [2.75, 3.05) is 51.8 Å². The average Bonchev–Trinajstić information content (AvgIpc) is 3.18. The minimum absolute atomic E-state index is 0.0340. The monoisotopic (exact) mass is 360 g/mol. The number of ether oxygens (including phenoxy) is 1. The molecule has 0 N–H and O–H groups in total. The summed E-state index contributed by atoms with van der Waals surface area (Å²) in [5.41, 5.74) is 0.796. The van der Waals surface area contributed by atoms with Crippen LogP contribution < -0.4 is 10.5 Å². The normalized spacial score (nSPS) is 18.2. The van der Waals surface area contributed by atoms with Crippen LogP contribution in [0.25, 0.3) is 0 Å². The van der Waals surface area contributed by atoms with E-state index in [1.807, 2.05) is 24.5 Å². The van der Waals surface area contributed by atoms with Crippen molar-refractivity contribution in [2.24, 2.45) is 0 Å². The Morgan fingerprint density at radius 3 is 3.00 bits per heavy atom. The van der Waals surface area contributed by atoms with Gasteiger partial charge in [0.15, 0.2) is 0 Å². The van der Waals surface area contributed by atoms with Gasteiger partial charge in [-0.2, -0.15) is 5.10 Å². The Bertz CT molecular complexity index is 730. The number of piperidine rings is 1. The Kier molecular flexibility index (Phi) is 6.40. The van der Waals surface area contributed by atoms with Crippen LogP contribution in [0.4, 0.5) is 5.69 Å². The Balaban J connectivity index is 1.61. The SMILES string of the molecule is COCCN(C)c1cnn(C2CCCN(CCn3ccnc3)C2)c(=O)c1. The van der Waals surface area contributed by atoms with Crippen LogP contribution in [-0.4, -0.2) is 71.2 Å². The molecule has 8 heteroatoms. The molecule has 0 spiro atoms. The molecule has 26 heavy (non-hydrogen) atoms. The van der Waals surface area contributed by atoms with Crippen molar-refractivity contribution >= 4 is 5.69 Å².